The van der Waals surface area contributed by atoms with Crippen molar-refractivity contribution in [1.29, 1.82) is 0 Å². The van der Waals surface area contributed by atoms with Gasteiger partial charge < -0.3 is 9.80 Å². The zero-order valence-electron chi connectivity index (χ0n) is 15.0. The Morgan fingerprint density at radius 1 is 1.04 bits per heavy atom. The zero-order valence-corrected chi connectivity index (χ0v) is 15.8. The Bertz CT molecular complexity index is 801. The van der Waals surface area contributed by atoms with Crippen LogP contribution >= 0.6 is 0 Å². The van der Waals surface area contributed by atoms with E-state index in [0.717, 1.165) is 36.8 Å². The zero-order chi connectivity index (χ0) is 18.7. The molecule has 1 aromatic carbocycles. The van der Waals surface area contributed by atoms with Gasteiger partial charge in [-0.1, -0.05) is 6.07 Å². The summed E-state index contributed by atoms with van der Waals surface area (Å²) >= 11 is 0. The van der Waals surface area contributed by atoms with Gasteiger partial charge in [0.2, 0.25) is 21.8 Å². The standard InChI is InChI=1S/C18H25N3O4S/c1-14(22)21-10-7-15-5-6-17(11-16(15)13-21)26(24,25)19-12-18(23)20-8-3-2-4-9-20/h5-6,11,19H,2-4,7-10,12-13H2,1H3. The molecule has 0 atom stereocenters. The molecule has 0 bridgehead atoms. The fraction of sp³-hybridized carbons (Fsp3) is 0.556. The number of benzene rings is 1. The molecule has 2 amide bonds. The van der Waals surface area contributed by atoms with Gasteiger partial charge >= 0.3 is 0 Å². The van der Waals surface area contributed by atoms with Gasteiger partial charge in [0.05, 0.1) is 11.4 Å². The van der Waals surface area contributed by atoms with Crippen LogP contribution in [-0.2, 0) is 32.6 Å². The normalized spacial score (nSPS) is 17.7. The molecule has 7 nitrogen and oxygen atoms in total. The minimum Gasteiger partial charge on any atom is -0.342 e. The number of hydrogen-bond acceptors (Lipinski definition) is 4. The molecule has 2 aliphatic rings. The average molecular weight is 379 g/mol. The molecule has 0 aromatic heterocycles. The Morgan fingerprint density at radius 2 is 1.77 bits per heavy atom. The highest BCUT2D eigenvalue weighted by Crippen LogP contribution is 2.22. The third-order valence-corrected chi connectivity index (χ3v) is 6.47. The number of piperidine rings is 1. The maximum Gasteiger partial charge on any atom is 0.241 e. The molecule has 8 heteroatoms. The van der Waals surface area contributed by atoms with Crippen molar-refractivity contribution in [3.8, 4) is 0 Å². The Labute approximate surface area is 154 Å². The molecule has 3 rings (SSSR count). The monoisotopic (exact) mass is 379 g/mol. The molecule has 0 radical (unpaired) electrons. The second-order valence-electron chi connectivity index (χ2n) is 6.89. The number of hydrogen-bond donors (Lipinski definition) is 1. The smallest absolute Gasteiger partial charge is 0.241 e. The van der Waals surface area contributed by atoms with Gasteiger partial charge in [-0.25, -0.2) is 13.1 Å². The van der Waals surface area contributed by atoms with Crippen LogP contribution in [0, 0.1) is 0 Å². The van der Waals surface area contributed by atoms with Crippen LogP contribution in [0.3, 0.4) is 0 Å². The van der Waals surface area contributed by atoms with Crippen LogP contribution in [0.4, 0.5) is 0 Å². The first kappa shape index (κ1) is 18.8. The topological polar surface area (TPSA) is 86.8 Å². The van der Waals surface area contributed by atoms with E-state index in [9.17, 15) is 18.0 Å². The third kappa shape index (κ3) is 4.24. The van der Waals surface area contributed by atoms with Gasteiger partial charge in [0.1, 0.15) is 0 Å². The lowest BCUT2D eigenvalue weighted by Gasteiger charge is -2.28. The molecule has 2 aliphatic heterocycles. The van der Waals surface area contributed by atoms with Crippen LogP contribution in [0.1, 0.15) is 37.3 Å². The number of nitrogens with zero attached hydrogens (tertiary/aromatic N) is 2. The van der Waals surface area contributed by atoms with E-state index in [0.29, 0.717) is 26.2 Å². The van der Waals surface area contributed by atoms with E-state index >= 15 is 0 Å². The number of sulfonamides is 1. The highest BCUT2D eigenvalue weighted by molar-refractivity contribution is 7.89. The summed E-state index contributed by atoms with van der Waals surface area (Å²) in [5.41, 5.74) is 1.91. The highest BCUT2D eigenvalue weighted by Gasteiger charge is 2.23. The molecule has 0 unspecified atom stereocenters. The van der Waals surface area contributed by atoms with Crippen LogP contribution < -0.4 is 4.72 Å². The van der Waals surface area contributed by atoms with Gasteiger partial charge in [-0.3, -0.25) is 9.59 Å². The first-order valence-electron chi connectivity index (χ1n) is 9.01. The van der Waals surface area contributed by atoms with Gasteiger partial charge in [0, 0.05) is 33.1 Å². The molecular formula is C18H25N3O4S. The number of carbonyl (C=O) groups is 2. The van der Waals surface area contributed by atoms with Crippen LogP contribution in [0.2, 0.25) is 0 Å². The quantitative estimate of drug-likeness (QED) is 0.841. The first-order chi connectivity index (χ1) is 12.4. The summed E-state index contributed by atoms with van der Waals surface area (Å²) in [5, 5.41) is 0. The summed E-state index contributed by atoms with van der Waals surface area (Å²) in [5.74, 6) is -0.205. The molecule has 0 aliphatic carbocycles. The summed E-state index contributed by atoms with van der Waals surface area (Å²) in [4.78, 5) is 27.3. The van der Waals surface area contributed by atoms with E-state index in [4.69, 9.17) is 0 Å². The summed E-state index contributed by atoms with van der Waals surface area (Å²) in [6, 6.07) is 4.97. The van der Waals surface area contributed by atoms with E-state index in [2.05, 4.69) is 4.72 Å². The number of nitrogens with one attached hydrogen (secondary N) is 1. The van der Waals surface area contributed by atoms with E-state index < -0.39 is 10.0 Å². The highest BCUT2D eigenvalue weighted by atomic mass is 32.2. The lowest BCUT2D eigenvalue weighted by Crippen LogP contribution is -2.42. The average Bonchev–Trinajstić information content (AvgIpc) is 2.66. The maximum atomic E-state index is 12.6. The maximum absolute atomic E-state index is 12.6. The number of fused-ring (bicyclic) bond motifs is 1. The third-order valence-electron chi connectivity index (χ3n) is 5.07. The van der Waals surface area contributed by atoms with Crippen LogP contribution in [0.15, 0.2) is 23.1 Å². The number of likely N-dealkylation sites (tertiary alicyclic amines) is 1. The molecule has 0 spiro atoms. The molecule has 2 heterocycles. The van der Waals surface area contributed by atoms with Crippen molar-refractivity contribution < 1.29 is 18.0 Å². The Morgan fingerprint density at radius 3 is 2.46 bits per heavy atom. The predicted octanol–water partition coefficient (Wildman–Crippen LogP) is 0.882. The lowest BCUT2D eigenvalue weighted by atomic mass is 10.00. The van der Waals surface area contributed by atoms with Crippen molar-refractivity contribution in [2.75, 3.05) is 26.2 Å². The fourth-order valence-electron chi connectivity index (χ4n) is 3.46. The Balaban J connectivity index is 1.68. The van der Waals surface area contributed by atoms with Gasteiger partial charge in [-0.05, 0) is 48.9 Å². The molecular weight excluding hydrogens is 354 g/mol. The van der Waals surface area contributed by atoms with Crippen molar-refractivity contribution in [2.24, 2.45) is 0 Å². The van der Waals surface area contributed by atoms with Gasteiger partial charge in [0.15, 0.2) is 0 Å². The van der Waals surface area contributed by atoms with Gasteiger partial charge in [-0.15, -0.1) is 0 Å². The van der Waals surface area contributed by atoms with E-state index in [-0.39, 0.29) is 23.3 Å². The largest absolute Gasteiger partial charge is 0.342 e. The van der Waals surface area contributed by atoms with E-state index in [1.54, 1.807) is 28.0 Å². The Kier molecular flexibility index (Phi) is 5.62. The fourth-order valence-corrected chi connectivity index (χ4v) is 4.49. The SMILES string of the molecule is CC(=O)N1CCc2ccc(S(=O)(=O)NCC(=O)N3CCCCC3)cc2C1. The molecule has 26 heavy (non-hydrogen) atoms. The number of rotatable bonds is 4. The second-order valence-corrected chi connectivity index (χ2v) is 8.65. The van der Waals surface area contributed by atoms with Crippen molar-refractivity contribution in [1.82, 2.24) is 14.5 Å². The first-order valence-corrected chi connectivity index (χ1v) is 10.5. The van der Waals surface area contributed by atoms with Crippen molar-refractivity contribution in [3.05, 3.63) is 29.3 Å². The van der Waals surface area contributed by atoms with Gasteiger partial charge in [0.25, 0.3) is 0 Å². The second kappa shape index (κ2) is 7.75. The van der Waals surface area contributed by atoms with Crippen LogP contribution in [0.25, 0.3) is 0 Å². The lowest BCUT2D eigenvalue weighted by molar-refractivity contribution is -0.131. The van der Waals surface area contributed by atoms with Crippen molar-refractivity contribution in [3.63, 3.8) is 0 Å². The van der Waals surface area contributed by atoms with Crippen molar-refractivity contribution in [2.45, 2.75) is 44.0 Å². The number of amides is 2. The minimum absolute atomic E-state index is 0.0193. The summed E-state index contributed by atoms with van der Waals surface area (Å²) in [6.45, 7) is 3.75. The molecule has 1 aromatic rings. The summed E-state index contributed by atoms with van der Waals surface area (Å²) in [7, 11) is -3.77. The molecule has 1 fully saturated rings. The Hall–Kier alpha value is -1.93. The molecule has 0 saturated carbocycles. The van der Waals surface area contributed by atoms with Crippen LogP contribution in [-0.4, -0.2) is 56.2 Å². The predicted molar refractivity (Wildman–Crippen MR) is 96.9 cm³/mol. The summed E-state index contributed by atoms with van der Waals surface area (Å²) in [6.07, 6.45) is 3.77. The van der Waals surface area contributed by atoms with E-state index in [1.165, 1.54) is 6.92 Å². The van der Waals surface area contributed by atoms with E-state index in [1.807, 2.05) is 0 Å². The minimum atomic E-state index is -3.77. The molecule has 1 saturated heterocycles. The number of carbonyl (C=O) groups excluding carboxylic acids is 2. The molecule has 1 N–H and O–H groups in total. The van der Waals surface area contributed by atoms with Crippen LogP contribution in [0.5, 0.6) is 0 Å². The molecule has 142 valence electrons. The van der Waals surface area contributed by atoms with Crippen molar-refractivity contribution >= 4 is 21.8 Å². The summed E-state index contributed by atoms with van der Waals surface area (Å²) < 4.78 is 27.5. The van der Waals surface area contributed by atoms with Gasteiger partial charge in [-0.2, -0.15) is 0 Å².